The molecule has 0 spiro atoms. The Morgan fingerprint density at radius 2 is 2.04 bits per heavy atom. The fourth-order valence-electron chi connectivity index (χ4n) is 3.09. The zero-order chi connectivity index (χ0) is 16.7. The van der Waals surface area contributed by atoms with Gasteiger partial charge in [0.25, 0.3) is 0 Å². The molecule has 0 saturated heterocycles. The summed E-state index contributed by atoms with van der Waals surface area (Å²) in [6, 6.07) is 9.14. The van der Waals surface area contributed by atoms with E-state index in [-0.39, 0.29) is 22.8 Å². The molecule has 1 atom stereocenters. The Kier molecular flexibility index (Phi) is 3.37. The Morgan fingerprint density at radius 3 is 2.88 bits per heavy atom. The summed E-state index contributed by atoms with van der Waals surface area (Å²) in [5.41, 5.74) is 1.80. The molecule has 0 amide bonds. The minimum Gasteiger partial charge on any atom is -0.336 e. The second-order valence-electron chi connectivity index (χ2n) is 5.76. The minimum atomic E-state index is -4.45. The van der Waals surface area contributed by atoms with Crippen LogP contribution in [0.25, 0.3) is 11.0 Å². The van der Waals surface area contributed by atoms with Gasteiger partial charge < -0.3 is 4.98 Å². The van der Waals surface area contributed by atoms with Crippen molar-refractivity contribution in [2.24, 2.45) is 4.99 Å². The summed E-state index contributed by atoms with van der Waals surface area (Å²) >= 11 is 0. The van der Waals surface area contributed by atoms with Gasteiger partial charge in [0, 0.05) is 12.1 Å². The molecular formula is C17H13F3N4. The van der Waals surface area contributed by atoms with Gasteiger partial charge in [-0.25, -0.2) is 15.0 Å². The predicted molar refractivity (Wildman–Crippen MR) is 84.5 cm³/mol. The fraction of sp³-hybridized carbons (Fsp3) is 0.235. The van der Waals surface area contributed by atoms with Gasteiger partial charge in [-0.3, -0.25) is 0 Å². The summed E-state index contributed by atoms with van der Waals surface area (Å²) in [7, 11) is 0. The van der Waals surface area contributed by atoms with Crippen LogP contribution in [0.15, 0.2) is 41.7 Å². The molecule has 0 bridgehead atoms. The van der Waals surface area contributed by atoms with E-state index in [0.29, 0.717) is 0 Å². The molecule has 1 unspecified atom stereocenters. The standard InChI is InChI=1S/C17H13F3N4/c18-17(19,20)14-7-13-15(22-9-23-16(13)24-14)21-8-11-6-5-10-3-1-2-4-12(10)11/h1-4,7-9,11H,5-6H2,(H,22,23,24). The highest BCUT2D eigenvalue weighted by Gasteiger charge is 2.33. The normalized spacial score (nSPS) is 17.7. The number of halogens is 3. The van der Waals surface area contributed by atoms with Gasteiger partial charge in [0.2, 0.25) is 0 Å². The summed E-state index contributed by atoms with van der Waals surface area (Å²) in [4.78, 5) is 14.5. The number of hydrogen-bond acceptors (Lipinski definition) is 3. The van der Waals surface area contributed by atoms with Crippen molar-refractivity contribution in [3.05, 3.63) is 53.5 Å². The van der Waals surface area contributed by atoms with Crippen LogP contribution in [-0.2, 0) is 12.6 Å². The van der Waals surface area contributed by atoms with E-state index in [1.54, 1.807) is 6.21 Å². The number of hydrogen-bond donors (Lipinski definition) is 1. The number of H-pyrrole nitrogens is 1. The van der Waals surface area contributed by atoms with Crippen LogP contribution in [0.3, 0.4) is 0 Å². The van der Waals surface area contributed by atoms with E-state index < -0.39 is 11.9 Å². The van der Waals surface area contributed by atoms with E-state index in [9.17, 15) is 13.2 Å². The largest absolute Gasteiger partial charge is 0.431 e. The number of aromatic nitrogens is 3. The second kappa shape index (κ2) is 5.43. The number of nitrogens with one attached hydrogen (secondary N) is 1. The van der Waals surface area contributed by atoms with Crippen LogP contribution in [0.2, 0.25) is 0 Å². The lowest BCUT2D eigenvalue weighted by atomic mass is 10.0. The first-order valence-electron chi connectivity index (χ1n) is 7.55. The van der Waals surface area contributed by atoms with Crippen LogP contribution in [0, 0.1) is 0 Å². The molecule has 24 heavy (non-hydrogen) atoms. The third kappa shape index (κ3) is 2.55. The lowest BCUT2D eigenvalue weighted by Crippen LogP contribution is -2.04. The first kappa shape index (κ1) is 14.9. The Morgan fingerprint density at radius 1 is 1.21 bits per heavy atom. The Labute approximate surface area is 135 Å². The van der Waals surface area contributed by atoms with Gasteiger partial charge in [0.05, 0.1) is 5.39 Å². The van der Waals surface area contributed by atoms with Crippen molar-refractivity contribution in [1.82, 2.24) is 15.0 Å². The van der Waals surface area contributed by atoms with Crippen molar-refractivity contribution < 1.29 is 13.2 Å². The summed E-state index contributed by atoms with van der Waals surface area (Å²) in [5, 5.41) is 0.271. The summed E-state index contributed by atoms with van der Waals surface area (Å²) < 4.78 is 38.5. The summed E-state index contributed by atoms with van der Waals surface area (Å²) in [6.45, 7) is 0. The molecule has 1 aliphatic rings. The van der Waals surface area contributed by atoms with Gasteiger partial charge in [-0.2, -0.15) is 13.2 Å². The van der Waals surface area contributed by atoms with Crippen molar-refractivity contribution in [2.75, 3.05) is 0 Å². The maximum Gasteiger partial charge on any atom is 0.431 e. The van der Waals surface area contributed by atoms with Gasteiger partial charge in [-0.15, -0.1) is 0 Å². The molecule has 7 heteroatoms. The Hall–Kier alpha value is -2.70. The van der Waals surface area contributed by atoms with Crippen LogP contribution in [0.4, 0.5) is 19.0 Å². The molecule has 3 aromatic rings. The molecule has 0 radical (unpaired) electrons. The highest BCUT2D eigenvalue weighted by atomic mass is 19.4. The molecule has 0 fully saturated rings. The maximum atomic E-state index is 12.8. The number of rotatable bonds is 2. The molecule has 0 aliphatic heterocycles. The lowest BCUT2D eigenvalue weighted by Gasteiger charge is -2.04. The third-order valence-electron chi connectivity index (χ3n) is 4.27. The molecule has 2 heterocycles. The maximum absolute atomic E-state index is 12.8. The quantitative estimate of drug-likeness (QED) is 0.708. The number of nitrogens with zero attached hydrogens (tertiary/aromatic N) is 3. The van der Waals surface area contributed by atoms with E-state index in [1.165, 1.54) is 17.5 Å². The van der Waals surface area contributed by atoms with Crippen molar-refractivity contribution >= 4 is 23.1 Å². The molecule has 122 valence electrons. The Balaban J connectivity index is 1.69. The van der Waals surface area contributed by atoms with Crippen molar-refractivity contribution in [2.45, 2.75) is 24.9 Å². The van der Waals surface area contributed by atoms with Gasteiger partial charge in [-0.1, -0.05) is 24.3 Å². The number of benzene rings is 1. The highest BCUT2D eigenvalue weighted by Crippen LogP contribution is 2.34. The summed E-state index contributed by atoms with van der Waals surface area (Å²) in [6.07, 6.45) is 0.459. The zero-order valence-electron chi connectivity index (χ0n) is 12.5. The van der Waals surface area contributed by atoms with Gasteiger partial charge in [-0.05, 0) is 30.0 Å². The van der Waals surface area contributed by atoms with E-state index in [4.69, 9.17) is 0 Å². The summed E-state index contributed by atoms with van der Waals surface area (Å²) in [5.74, 6) is 0.406. The number of aliphatic imine (C=N–C) groups is 1. The van der Waals surface area contributed by atoms with E-state index in [0.717, 1.165) is 18.9 Å². The van der Waals surface area contributed by atoms with Gasteiger partial charge in [0.15, 0.2) is 5.82 Å². The second-order valence-corrected chi connectivity index (χ2v) is 5.76. The van der Waals surface area contributed by atoms with Crippen LogP contribution in [-0.4, -0.2) is 21.2 Å². The topological polar surface area (TPSA) is 53.9 Å². The van der Waals surface area contributed by atoms with Crippen LogP contribution in [0.1, 0.15) is 29.2 Å². The zero-order valence-corrected chi connectivity index (χ0v) is 12.5. The van der Waals surface area contributed by atoms with Crippen molar-refractivity contribution in [1.29, 1.82) is 0 Å². The number of aromatic amines is 1. The Bertz CT molecular complexity index is 927. The minimum absolute atomic E-state index is 0.135. The third-order valence-corrected chi connectivity index (χ3v) is 4.27. The van der Waals surface area contributed by atoms with Crippen LogP contribution in [0.5, 0.6) is 0 Å². The first-order valence-corrected chi connectivity index (χ1v) is 7.55. The molecular weight excluding hydrogens is 317 g/mol. The van der Waals surface area contributed by atoms with Crippen molar-refractivity contribution in [3.63, 3.8) is 0 Å². The first-order chi connectivity index (χ1) is 11.5. The van der Waals surface area contributed by atoms with Gasteiger partial charge in [0.1, 0.15) is 17.7 Å². The van der Waals surface area contributed by atoms with E-state index in [2.05, 4.69) is 32.1 Å². The highest BCUT2D eigenvalue weighted by molar-refractivity contribution is 5.88. The van der Waals surface area contributed by atoms with E-state index >= 15 is 0 Å². The molecule has 1 aliphatic carbocycles. The number of fused-ring (bicyclic) bond motifs is 2. The average molecular weight is 330 g/mol. The monoisotopic (exact) mass is 330 g/mol. The molecule has 2 aromatic heterocycles. The number of alkyl halides is 3. The SMILES string of the molecule is FC(F)(F)c1cc2c(N=CC3CCc4ccccc43)ncnc2[nH]1. The predicted octanol–water partition coefficient (Wildman–Crippen LogP) is 4.41. The average Bonchev–Trinajstić information content (AvgIpc) is 3.17. The molecule has 4 rings (SSSR count). The number of aryl methyl sites for hydroxylation is 1. The smallest absolute Gasteiger partial charge is 0.336 e. The van der Waals surface area contributed by atoms with E-state index in [1.807, 2.05) is 12.1 Å². The lowest BCUT2D eigenvalue weighted by molar-refractivity contribution is -0.140. The fourth-order valence-corrected chi connectivity index (χ4v) is 3.09. The molecule has 0 saturated carbocycles. The molecule has 4 nitrogen and oxygen atoms in total. The van der Waals surface area contributed by atoms with Crippen LogP contribution < -0.4 is 0 Å². The molecule has 1 aromatic carbocycles. The van der Waals surface area contributed by atoms with Gasteiger partial charge >= 0.3 is 6.18 Å². The van der Waals surface area contributed by atoms with Crippen LogP contribution >= 0.6 is 0 Å². The molecule has 1 N–H and O–H groups in total. The van der Waals surface area contributed by atoms with Crippen molar-refractivity contribution in [3.8, 4) is 0 Å².